The number of aryl methyl sites for hydroxylation is 2. The first kappa shape index (κ1) is 35.4. The minimum Gasteiger partial charge on any atom is -0.496 e. The molecule has 2 amide bonds. The van der Waals surface area contributed by atoms with Crippen molar-refractivity contribution < 1.29 is 29.0 Å². The van der Waals surface area contributed by atoms with Crippen LogP contribution in [0.15, 0.2) is 91.1 Å². The maximum absolute atomic E-state index is 14.0. The molecule has 2 unspecified atom stereocenters. The Morgan fingerprint density at radius 3 is 2.43 bits per heavy atom. The zero-order chi connectivity index (χ0) is 35.6. The van der Waals surface area contributed by atoms with Crippen molar-refractivity contribution in [3.05, 3.63) is 114 Å². The van der Waals surface area contributed by atoms with Gasteiger partial charge in [0.25, 0.3) is 5.91 Å². The molecular formula is C40H45N5O6. The minimum atomic E-state index is -1.12. The highest BCUT2D eigenvalue weighted by atomic mass is 16.5. The van der Waals surface area contributed by atoms with Gasteiger partial charge < -0.3 is 29.3 Å². The Kier molecular flexibility index (Phi) is 11.8. The second-order valence-corrected chi connectivity index (χ2v) is 13.1. The molecule has 2 saturated heterocycles. The molecule has 0 bridgehead atoms. The first-order valence-electron chi connectivity index (χ1n) is 17.6. The summed E-state index contributed by atoms with van der Waals surface area (Å²) >= 11 is 0. The lowest BCUT2D eigenvalue weighted by atomic mass is 9.98. The van der Waals surface area contributed by atoms with Gasteiger partial charge in [0.05, 0.1) is 37.4 Å². The fraction of sp³-hybridized carbons (Fsp3) is 0.375. The summed E-state index contributed by atoms with van der Waals surface area (Å²) in [6, 6.07) is 26.8. The molecule has 2 atom stereocenters. The predicted molar refractivity (Wildman–Crippen MR) is 193 cm³/mol. The van der Waals surface area contributed by atoms with E-state index in [0.29, 0.717) is 55.6 Å². The van der Waals surface area contributed by atoms with Crippen molar-refractivity contribution in [2.75, 3.05) is 51.3 Å². The molecule has 6 rings (SSSR count). The number of nitrogens with zero attached hydrogens (tertiary/aromatic N) is 5. The van der Waals surface area contributed by atoms with Gasteiger partial charge in [-0.15, -0.1) is 0 Å². The van der Waals surface area contributed by atoms with Crippen LogP contribution in [0.4, 0.5) is 5.95 Å². The lowest BCUT2D eigenvalue weighted by Crippen LogP contribution is -2.45. The van der Waals surface area contributed by atoms with E-state index >= 15 is 0 Å². The molecule has 3 heterocycles. The second-order valence-electron chi connectivity index (χ2n) is 13.1. The molecule has 2 aliphatic heterocycles. The zero-order valence-electron chi connectivity index (χ0n) is 29.0. The molecule has 1 aromatic heterocycles. The van der Waals surface area contributed by atoms with E-state index in [4.69, 9.17) is 19.4 Å². The van der Waals surface area contributed by atoms with Crippen LogP contribution in [-0.4, -0.2) is 95.1 Å². The molecular weight excluding hydrogens is 646 g/mol. The second kappa shape index (κ2) is 17.0. The number of amides is 2. The van der Waals surface area contributed by atoms with Crippen LogP contribution in [0, 0.1) is 5.92 Å². The molecule has 2 fully saturated rings. The largest absolute Gasteiger partial charge is 0.496 e. The Bertz CT molecular complexity index is 1790. The number of rotatable bonds is 14. The number of carbonyl (C=O) groups excluding carboxylic acids is 2. The van der Waals surface area contributed by atoms with Crippen LogP contribution >= 0.6 is 0 Å². The van der Waals surface area contributed by atoms with Gasteiger partial charge in [-0.3, -0.25) is 14.4 Å². The van der Waals surface area contributed by atoms with E-state index in [-0.39, 0.29) is 43.0 Å². The van der Waals surface area contributed by atoms with Crippen molar-refractivity contribution in [2.45, 2.75) is 44.6 Å². The van der Waals surface area contributed by atoms with Gasteiger partial charge >= 0.3 is 5.97 Å². The molecule has 11 nitrogen and oxygen atoms in total. The van der Waals surface area contributed by atoms with Crippen LogP contribution in [0.5, 0.6) is 11.5 Å². The lowest BCUT2D eigenvalue weighted by Gasteiger charge is -2.30. The molecule has 0 radical (unpaired) electrons. The van der Waals surface area contributed by atoms with E-state index in [1.54, 1.807) is 7.11 Å². The highest BCUT2D eigenvalue weighted by Gasteiger charge is 2.41. The van der Waals surface area contributed by atoms with Gasteiger partial charge in [-0.25, -0.2) is 9.97 Å². The zero-order valence-corrected chi connectivity index (χ0v) is 29.0. The molecule has 1 N–H and O–H groups in total. The van der Waals surface area contributed by atoms with Crippen LogP contribution in [-0.2, 0) is 28.9 Å². The highest BCUT2D eigenvalue weighted by Crippen LogP contribution is 2.33. The molecule has 266 valence electrons. The Balaban J connectivity index is 1.23. The summed E-state index contributed by atoms with van der Waals surface area (Å²) in [6.07, 6.45) is 5.93. The maximum Gasteiger partial charge on any atom is 0.323 e. The van der Waals surface area contributed by atoms with Gasteiger partial charge in [0.15, 0.2) is 0 Å². The average molecular weight is 692 g/mol. The van der Waals surface area contributed by atoms with Gasteiger partial charge in [0.2, 0.25) is 11.9 Å². The molecule has 51 heavy (non-hydrogen) atoms. The number of hydrogen-bond donors (Lipinski definition) is 1. The van der Waals surface area contributed by atoms with E-state index in [9.17, 15) is 19.5 Å². The summed E-state index contributed by atoms with van der Waals surface area (Å²) < 4.78 is 11.3. The fourth-order valence-corrected chi connectivity index (χ4v) is 7.14. The third-order valence-corrected chi connectivity index (χ3v) is 9.73. The van der Waals surface area contributed by atoms with E-state index in [0.717, 1.165) is 30.4 Å². The summed E-state index contributed by atoms with van der Waals surface area (Å²) in [6.45, 7) is 1.72. The molecule has 4 aromatic rings. The summed E-state index contributed by atoms with van der Waals surface area (Å²) in [4.78, 5) is 54.8. The number of hydrogen-bond acceptors (Lipinski definition) is 8. The van der Waals surface area contributed by atoms with Crippen LogP contribution < -0.4 is 14.4 Å². The molecule has 0 saturated carbocycles. The van der Waals surface area contributed by atoms with Crippen LogP contribution in [0.2, 0.25) is 0 Å². The number of aromatic nitrogens is 2. The number of carboxylic acid groups (broad SMARTS) is 1. The van der Waals surface area contributed by atoms with Crippen molar-refractivity contribution in [2.24, 2.45) is 5.92 Å². The summed E-state index contributed by atoms with van der Waals surface area (Å²) in [5.74, 6) is 0.633. The molecule has 11 heteroatoms. The van der Waals surface area contributed by atoms with Crippen molar-refractivity contribution in [1.82, 2.24) is 19.8 Å². The highest BCUT2D eigenvalue weighted by molar-refractivity contribution is 5.96. The number of anilines is 1. The van der Waals surface area contributed by atoms with E-state index in [2.05, 4.69) is 4.90 Å². The minimum absolute atomic E-state index is 0.0167. The van der Waals surface area contributed by atoms with E-state index in [1.165, 1.54) is 11.1 Å². The number of carbonyl (C=O) groups is 3. The topological polar surface area (TPSA) is 125 Å². The number of ether oxygens (including phenoxy) is 2. The molecule has 3 aromatic carbocycles. The van der Waals surface area contributed by atoms with Gasteiger partial charge in [0.1, 0.15) is 24.7 Å². The number of benzene rings is 3. The number of methoxy groups -OCH3 is 1. The maximum atomic E-state index is 14.0. The van der Waals surface area contributed by atoms with Gasteiger partial charge in [-0.2, -0.15) is 0 Å². The van der Waals surface area contributed by atoms with Crippen molar-refractivity contribution in [3.63, 3.8) is 0 Å². The molecule has 0 spiro atoms. The standard InChI is InChI=1S/C40H45N5O6/c1-50-36-18-9-8-14-30(36)24-37(46)45-21-11-10-15-31-26-44(27-35(31)45)40-41-25-33(34(42-40)20-19-29-12-4-2-5-13-29)39(49)43(28-38(47)48)22-23-51-32-16-6-3-7-17-32/h2-9,12-14,16-18,25,31,35H,10-11,15,19-24,26-28H2,1H3,(H,47,48). The lowest BCUT2D eigenvalue weighted by molar-refractivity contribution is -0.138. The number of para-hydroxylation sites is 2. The third kappa shape index (κ3) is 9.02. The monoisotopic (exact) mass is 691 g/mol. The fourth-order valence-electron chi connectivity index (χ4n) is 7.14. The van der Waals surface area contributed by atoms with Crippen molar-refractivity contribution in [3.8, 4) is 11.5 Å². The number of carboxylic acids is 1. The number of fused-ring (bicyclic) bond motifs is 1. The smallest absolute Gasteiger partial charge is 0.323 e. The van der Waals surface area contributed by atoms with Crippen molar-refractivity contribution >= 4 is 23.7 Å². The average Bonchev–Trinajstić information content (AvgIpc) is 3.47. The van der Waals surface area contributed by atoms with Crippen molar-refractivity contribution in [1.29, 1.82) is 0 Å². The van der Waals surface area contributed by atoms with Gasteiger partial charge in [0, 0.05) is 31.4 Å². The summed E-state index contributed by atoms with van der Waals surface area (Å²) in [5, 5.41) is 9.69. The normalized spacial score (nSPS) is 17.0. The van der Waals surface area contributed by atoms with Crippen LogP contribution in [0.3, 0.4) is 0 Å². The number of aliphatic carboxylic acids is 1. The Hall–Kier alpha value is -5.45. The first-order valence-corrected chi connectivity index (χ1v) is 17.6. The third-order valence-electron chi connectivity index (χ3n) is 9.73. The van der Waals surface area contributed by atoms with Crippen LogP contribution in [0.25, 0.3) is 0 Å². The van der Waals surface area contributed by atoms with Gasteiger partial charge in [-0.05, 0) is 55.4 Å². The molecule has 2 aliphatic rings. The van der Waals surface area contributed by atoms with E-state index in [1.807, 2.05) is 89.8 Å². The van der Waals surface area contributed by atoms with Crippen LogP contribution in [0.1, 0.15) is 46.4 Å². The molecule has 0 aliphatic carbocycles. The Morgan fingerprint density at radius 2 is 1.67 bits per heavy atom. The quantitative estimate of drug-likeness (QED) is 0.196. The first-order chi connectivity index (χ1) is 24.9. The Labute approximate surface area is 298 Å². The van der Waals surface area contributed by atoms with Gasteiger partial charge in [-0.1, -0.05) is 73.2 Å². The summed E-state index contributed by atoms with van der Waals surface area (Å²) in [7, 11) is 1.62. The summed E-state index contributed by atoms with van der Waals surface area (Å²) in [5.41, 5.74) is 2.81. The Morgan fingerprint density at radius 1 is 0.922 bits per heavy atom. The predicted octanol–water partition coefficient (Wildman–Crippen LogP) is 4.94. The number of likely N-dealkylation sites (tertiary alicyclic amines) is 1. The van der Waals surface area contributed by atoms with E-state index < -0.39 is 18.4 Å². The SMILES string of the molecule is COc1ccccc1CC(=O)N1CCCCC2CN(c3ncc(C(=O)N(CCOc4ccccc4)CC(=O)O)c(CCc4ccccc4)n3)CC21.